The molecule has 3 rings (SSSR count). The summed E-state index contributed by atoms with van der Waals surface area (Å²) in [7, 11) is 0. The van der Waals surface area contributed by atoms with Crippen molar-refractivity contribution in [3.8, 4) is 0 Å². The molecule has 0 radical (unpaired) electrons. The van der Waals surface area contributed by atoms with E-state index in [1.165, 1.54) is 0 Å². The van der Waals surface area contributed by atoms with Crippen LogP contribution in [0.4, 0.5) is 0 Å². The Morgan fingerprint density at radius 2 is 1.67 bits per heavy atom. The van der Waals surface area contributed by atoms with Crippen molar-refractivity contribution in [3.05, 3.63) is 0 Å². The Labute approximate surface area is 45.7 Å². The summed E-state index contributed by atoms with van der Waals surface area (Å²) >= 11 is -0.0295. The van der Waals surface area contributed by atoms with Crippen LogP contribution in [-0.4, -0.2) is 13.3 Å². The molecule has 36 valence electrons. The summed E-state index contributed by atoms with van der Waals surface area (Å²) in [5.41, 5.74) is 0.935. The fraction of sp³-hybridized carbons (Fsp3) is 1.00. The van der Waals surface area contributed by atoms with Gasteiger partial charge in [-0.25, -0.2) is 0 Å². The summed E-state index contributed by atoms with van der Waals surface area (Å²) in [6.45, 7) is 2.44. The maximum absolute atomic E-state index is 2.44. The van der Waals surface area contributed by atoms with Gasteiger partial charge < -0.3 is 0 Å². The van der Waals surface area contributed by atoms with Crippen LogP contribution in [0, 0.1) is 5.41 Å². The molecule has 3 aliphatic heterocycles. The first-order valence-electron chi connectivity index (χ1n) is 2.36. The van der Waals surface area contributed by atoms with Gasteiger partial charge in [0, 0.05) is 0 Å². The van der Waals surface area contributed by atoms with Gasteiger partial charge in [0.05, 0.1) is 0 Å². The second-order valence-electron chi connectivity index (χ2n) is 2.78. The van der Waals surface area contributed by atoms with E-state index in [4.69, 9.17) is 0 Å². The zero-order chi connectivity index (χ0) is 4.20. The SMILES string of the molecule is CC12CI(C1)C2. The van der Waals surface area contributed by atoms with E-state index in [2.05, 4.69) is 6.92 Å². The van der Waals surface area contributed by atoms with Gasteiger partial charge in [-0.1, -0.05) is 0 Å². The molecule has 0 atom stereocenters. The molecule has 0 aromatic carbocycles. The molecule has 0 aromatic rings. The summed E-state index contributed by atoms with van der Waals surface area (Å²) in [5, 5.41) is 0. The molecule has 0 saturated carbocycles. The third-order valence-electron chi connectivity index (χ3n) is 1.53. The zero-order valence-electron chi connectivity index (χ0n) is 4.00. The maximum atomic E-state index is 2.44. The van der Waals surface area contributed by atoms with E-state index >= 15 is 0 Å². The molecular formula is C5H9I. The zero-order valence-corrected chi connectivity index (χ0v) is 6.16. The van der Waals surface area contributed by atoms with Crippen LogP contribution in [0.25, 0.3) is 0 Å². The molecule has 3 fully saturated rings. The molecule has 6 heavy (non-hydrogen) atoms. The Morgan fingerprint density at radius 3 is 1.67 bits per heavy atom. The van der Waals surface area contributed by atoms with Gasteiger partial charge in [0.2, 0.25) is 0 Å². The molecule has 0 N–H and O–H groups in total. The standard InChI is InChI=1S/C5H9I/c1-5-2-6(3-5)4-5/h2-4H2,1H3. The van der Waals surface area contributed by atoms with Gasteiger partial charge in [0.25, 0.3) is 0 Å². The molecule has 2 bridgehead atoms. The molecule has 3 saturated heterocycles. The van der Waals surface area contributed by atoms with Crippen molar-refractivity contribution in [2.75, 3.05) is 13.3 Å². The molecule has 0 spiro atoms. The Kier molecular flexibility index (Phi) is 0.488. The number of hydrogen-bond acceptors (Lipinski definition) is 0. The third-order valence-corrected chi connectivity index (χ3v) is 10.3. The summed E-state index contributed by atoms with van der Waals surface area (Å²) in [4.78, 5) is 0. The van der Waals surface area contributed by atoms with Crippen molar-refractivity contribution in [1.82, 2.24) is 0 Å². The number of rotatable bonds is 0. The summed E-state index contributed by atoms with van der Waals surface area (Å²) in [6.07, 6.45) is 0. The second-order valence-corrected chi connectivity index (χ2v) is 8.30. The Morgan fingerprint density at radius 1 is 1.33 bits per heavy atom. The topological polar surface area (TPSA) is 0 Å². The fourth-order valence-electron chi connectivity index (χ4n) is 1.25. The van der Waals surface area contributed by atoms with Crippen LogP contribution in [0.2, 0.25) is 0 Å². The van der Waals surface area contributed by atoms with Crippen molar-refractivity contribution in [1.29, 1.82) is 0 Å². The average Bonchev–Trinajstić information content (AvgIpc) is 1.24. The summed E-state index contributed by atoms with van der Waals surface area (Å²) in [6, 6.07) is 0. The van der Waals surface area contributed by atoms with Gasteiger partial charge in [-0.15, -0.1) is 0 Å². The van der Waals surface area contributed by atoms with E-state index in [0.717, 1.165) is 5.41 Å². The van der Waals surface area contributed by atoms with E-state index in [9.17, 15) is 0 Å². The monoisotopic (exact) mass is 196 g/mol. The van der Waals surface area contributed by atoms with Crippen LogP contribution in [-0.2, 0) is 0 Å². The minimum absolute atomic E-state index is 0.0295. The second kappa shape index (κ2) is 0.791. The van der Waals surface area contributed by atoms with Crippen molar-refractivity contribution in [2.45, 2.75) is 6.92 Å². The van der Waals surface area contributed by atoms with E-state index < -0.39 is 0 Å². The van der Waals surface area contributed by atoms with Gasteiger partial charge in [0.1, 0.15) is 0 Å². The predicted molar refractivity (Wildman–Crippen MR) is 36.7 cm³/mol. The van der Waals surface area contributed by atoms with Crippen LogP contribution in [0.15, 0.2) is 0 Å². The first-order valence-corrected chi connectivity index (χ1v) is 6.94. The van der Waals surface area contributed by atoms with Gasteiger partial charge in [0.15, 0.2) is 0 Å². The molecule has 0 unspecified atom stereocenters. The normalized spacial score (nSPS) is 40.5. The van der Waals surface area contributed by atoms with Crippen LogP contribution >= 0.6 is 19.8 Å². The molecule has 0 nitrogen and oxygen atoms in total. The minimum atomic E-state index is -0.0295. The molecule has 3 aliphatic rings. The van der Waals surface area contributed by atoms with Crippen molar-refractivity contribution < 1.29 is 0 Å². The van der Waals surface area contributed by atoms with E-state index in [-0.39, 0.29) is 19.8 Å². The fourth-order valence-corrected chi connectivity index (χ4v) is 8.39. The quantitative estimate of drug-likeness (QED) is 0.407. The first kappa shape index (κ1) is 3.70. The summed E-state index contributed by atoms with van der Waals surface area (Å²) < 4.78 is 5.12. The molecule has 0 amide bonds. The number of halogens is 1. The van der Waals surface area contributed by atoms with Crippen molar-refractivity contribution >= 4 is 19.8 Å². The first-order chi connectivity index (χ1) is 2.79. The van der Waals surface area contributed by atoms with E-state index in [1.54, 1.807) is 13.3 Å². The number of alkyl halides is 3. The Hall–Kier alpha value is 0.730. The Bertz CT molecular complexity index is 70.9. The molecule has 1 heteroatoms. The van der Waals surface area contributed by atoms with Crippen LogP contribution in [0.1, 0.15) is 6.92 Å². The molecule has 3 heterocycles. The van der Waals surface area contributed by atoms with Crippen LogP contribution in [0.5, 0.6) is 0 Å². The van der Waals surface area contributed by atoms with E-state index in [1.807, 2.05) is 0 Å². The van der Waals surface area contributed by atoms with Crippen molar-refractivity contribution in [3.63, 3.8) is 0 Å². The Balaban J connectivity index is 2.19. The van der Waals surface area contributed by atoms with Gasteiger partial charge in [-0.2, -0.15) is 0 Å². The predicted octanol–water partition coefficient (Wildman–Crippen LogP) is 1.53. The molecule has 0 aromatic heterocycles. The summed E-state index contributed by atoms with van der Waals surface area (Å²) in [5.74, 6) is 0. The molecule has 0 aliphatic carbocycles. The van der Waals surface area contributed by atoms with Crippen LogP contribution in [0.3, 0.4) is 0 Å². The van der Waals surface area contributed by atoms with Gasteiger partial charge >= 0.3 is 45.4 Å². The van der Waals surface area contributed by atoms with Gasteiger partial charge in [-0.05, 0) is 0 Å². The molecular weight excluding hydrogens is 187 g/mol. The van der Waals surface area contributed by atoms with Gasteiger partial charge in [-0.3, -0.25) is 0 Å². The third kappa shape index (κ3) is 0.266. The number of hydrogen-bond donors (Lipinski definition) is 0. The van der Waals surface area contributed by atoms with Crippen LogP contribution < -0.4 is 0 Å². The van der Waals surface area contributed by atoms with Crippen molar-refractivity contribution in [2.24, 2.45) is 5.41 Å². The van der Waals surface area contributed by atoms with E-state index in [0.29, 0.717) is 0 Å². The average molecular weight is 196 g/mol.